The van der Waals surface area contributed by atoms with Crippen LogP contribution in [0.25, 0.3) is 11.5 Å². The van der Waals surface area contributed by atoms with Crippen molar-refractivity contribution < 1.29 is 17.6 Å². The largest absolute Gasteiger partial charge is 0.442 e. The van der Waals surface area contributed by atoms with E-state index < -0.39 is 15.9 Å². The highest BCUT2D eigenvalue weighted by Gasteiger charge is 2.35. The number of furan rings is 1. The van der Waals surface area contributed by atoms with E-state index in [1.165, 1.54) is 21.5 Å². The predicted octanol–water partition coefficient (Wildman–Crippen LogP) is 3.00. The van der Waals surface area contributed by atoms with E-state index in [-0.39, 0.29) is 17.5 Å². The molecule has 0 saturated carbocycles. The van der Waals surface area contributed by atoms with E-state index in [0.29, 0.717) is 37.4 Å². The fraction of sp³-hybridized carbons (Fsp3) is 0.364. The second-order valence-electron chi connectivity index (χ2n) is 7.93. The van der Waals surface area contributed by atoms with Gasteiger partial charge in [0.2, 0.25) is 11.0 Å². The monoisotopic (exact) mass is 442 g/mol. The van der Waals surface area contributed by atoms with Crippen molar-refractivity contribution in [2.24, 2.45) is 5.92 Å². The van der Waals surface area contributed by atoms with Gasteiger partial charge in [-0.15, -0.1) is 0 Å². The number of nitrogens with zero attached hydrogens (tertiary/aromatic N) is 2. The van der Waals surface area contributed by atoms with Crippen molar-refractivity contribution in [3.05, 3.63) is 59.3 Å². The summed E-state index contributed by atoms with van der Waals surface area (Å²) in [7, 11) is -3.82. The predicted molar refractivity (Wildman–Crippen MR) is 116 cm³/mol. The Hall–Kier alpha value is -2.91. The molecule has 0 unspecified atom stereocenters. The molecule has 2 N–H and O–H groups in total. The molecule has 1 fully saturated rings. The summed E-state index contributed by atoms with van der Waals surface area (Å²) < 4.78 is 33.0. The maximum absolute atomic E-state index is 13.1. The number of carbonyl (C=O) groups excluding carboxylic acids is 1. The number of aryl methyl sites for hydroxylation is 2. The van der Waals surface area contributed by atoms with Gasteiger partial charge in [0.25, 0.3) is 10.0 Å². The summed E-state index contributed by atoms with van der Waals surface area (Å²) in [4.78, 5) is 12.7. The number of rotatable bonds is 6. The smallest absolute Gasteiger partial charge is 0.276 e. The number of aromatic amines is 1. The van der Waals surface area contributed by atoms with Gasteiger partial charge in [0.15, 0.2) is 5.76 Å². The molecular formula is C22H26N4O4S. The molecule has 0 radical (unpaired) electrons. The minimum Gasteiger partial charge on any atom is -0.442 e. The minimum atomic E-state index is -3.82. The molecule has 1 aliphatic rings. The van der Waals surface area contributed by atoms with E-state index >= 15 is 0 Å². The Morgan fingerprint density at radius 1 is 1.23 bits per heavy atom. The third kappa shape index (κ3) is 4.57. The average molecular weight is 443 g/mol. The summed E-state index contributed by atoms with van der Waals surface area (Å²) in [5.41, 5.74) is 4.01. The Morgan fingerprint density at radius 3 is 2.81 bits per heavy atom. The van der Waals surface area contributed by atoms with Crippen molar-refractivity contribution in [2.45, 2.75) is 38.3 Å². The van der Waals surface area contributed by atoms with E-state index in [1.54, 1.807) is 18.3 Å². The Labute approximate surface area is 181 Å². The maximum Gasteiger partial charge on any atom is 0.276 e. The van der Waals surface area contributed by atoms with E-state index in [2.05, 4.69) is 21.6 Å². The second-order valence-corrected chi connectivity index (χ2v) is 9.80. The van der Waals surface area contributed by atoms with Gasteiger partial charge in [-0.2, -0.15) is 9.40 Å². The van der Waals surface area contributed by atoms with Crippen LogP contribution in [0.2, 0.25) is 0 Å². The molecule has 164 valence electrons. The van der Waals surface area contributed by atoms with Crippen LogP contribution in [0.3, 0.4) is 0 Å². The van der Waals surface area contributed by atoms with Crippen molar-refractivity contribution in [3.8, 4) is 11.5 Å². The molecular weight excluding hydrogens is 416 g/mol. The molecule has 9 heteroatoms. The molecule has 1 atom stereocenters. The van der Waals surface area contributed by atoms with Gasteiger partial charge in [-0.3, -0.25) is 9.89 Å². The van der Waals surface area contributed by atoms with Gasteiger partial charge in [0, 0.05) is 25.8 Å². The first-order valence-corrected chi connectivity index (χ1v) is 11.7. The third-order valence-electron chi connectivity index (χ3n) is 5.73. The average Bonchev–Trinajstić information content (AvgIpc) is 3.46. The molecule has 2 aromatic heterocycles. The van der Waals surface area contributed by atoms with Gasteiger partial charge in [-0.1, -0.05) is 18.2 Å². The van der Waals surface area contributed by atoms with Crippen molar-refractivity contribution in [1.82, 2.24) is 19.8 Å². The lowest BCUT2D eigenvalue weighted by Crippen LogP contribution is -2.45. The topological polar surface area (TPSA) is 108 Å². The molecule has 0 aliphatic carbocycles. The third-order valence-corrected chi connectivity index (χ3v) is 7.47. The SMILES string of the molecule is Cc1ccc(CNC(=O)[C@H]2CCCN(S(=O)(=O)c3ccc(-c4ccn[nH]4)o3)C2)cc1C. The number of amides is 1. The zero-order valence-corrected chi connectivity index (χ0v) is 18.4. The number of carbonyl (C=O) groups is 1. The molecule has 0 spiro atoms. The van der Waals surface area contributed by atoms with Gasteiger partial charge in [0.05, 0.1) is 5.92 Å². The van der Waals surface area contributed by atoms with Crippen molar-refractivity contribution in [2.75, 3.05) is 13.1 Å². The summed E-state index contributed by atoms with van der Waals surface area (Å²) in [5, 5.41) is 9.42. The lowest BCUT2D eigenvalue weighted by atomic mass is 9.98. The van der Waals surface area contributed by atoms with E-state index in [4.69, 9.17) is 4.42 Å². The van der Waals surface area contributed by atoms with Gasteiger partial charge < -0.3 is 9.73 Å². The number of aromatic nitrogens is 2. The molecule has 1 saturated heterocycles. The Balaban J connectivity index is 1.41. The first kappa shape index (κ1) is 21.3. The highest BCUT2D eigenvalue weighted by molar-refractivity contribution is 7.89. The Morgan fingerprint density at radius 2 is 2.06 bits per heavy atom. The number of H-pyrrole nitrogens is 1. The summed E-state index contributed by atoms with van der Waals surface area (Å²) in [6.07, 6.45) is 2.84. The van der Waals surface area contributed by atoms with Gasteiger partial charge in [0.1, 0.15) is 5.69 Å². The van der Waals surface area contributed by atoms with Crippen LogP contribution in [0, 0.1) is 19.8 Å². The highest BCUT2D eigenvalue weighted by Crippen LogP contribution is 2.28. The molecule has 1 aliphatic heterocycles. The number of hydrogen-bond acceptors (Lipinski definition) is 5. The van der Waals surface area contributed by atoms with E-state index in [9.17, 15) is 13.2 Å². The molecule has 0 bridgehead atoms. The van der Waals surface area contributed by atoms with E-state index in [1.807, 2.05) is 26.0 Å². The molecule has 3 heterocycles. The summed E-state index contributed by atoms with van der Waals surface area (Å²) in [6, 6.07) is 10.8. The zero-order valence-electron chi connectivity index (χ0n) is 17.6. The van der Waals surface area contributed by atoms with Gasteiger partial charge in [-0.05, 0) is 61.6 Å². The van der Waals surface area contributed by atoms with E-state index in [0.717, 1.165) is 5.56 Å². The van der Waals surface area contributed by atoms with Crippen LogP contribution in [-0.2, 0) is 21.4 Å². The fourth-order valence-corrected chi connectivity index (χ4v) is 5.18. The van der Waals surface area contributed by atoms with Crippen molar-refractivity contribution in [3.63, 3.8) is 0 Å². The number of sulfonamides is 1. The normalized spacial score (nSPS) is 17.5. The van der Waals surface area contributed by atoms with Crippen LogP contribution in [0.1, 0.15) is 29.5 Å². The molecule has 8 nitrogen and oxygen atoms in total. The van der Waals surface area contributed by atoms with Crippen LogP contribution in [0.5, 0.6) is 0 Å². The molecule has 4 rings (SSSR count). The number of benzene rings is 1. The standard InChI is InChI=1S/C22H26N4O4S/c1-15-5-6-17(12-16(15)2)13-23-22(27)18-4-3-11-26(14-18)31(28,29)21-8-7-20(30-21)19-9-10-24-25-19/h5-10,12,18H,3-4,11,13-14H2,1-2H3,(H,23,27)(H,24,25)/t18-/m0/s1. The first-order chi connectivity index (χ1) is 14.8. The van der Waals surface area contributed by atoms with Crippen LogP contribution in [0.4, 0.5) is 0 Å². The van der Waals surface area contributed by atoms with Crippen molar-refractivity contribution in [1.29, 1.82) is 0 Å². The lowest BCUT2D eigenvalue weighted by Gasteiger charge is -2.30. The highest BCUT2D eigenvalue weighted by atomic mass is 32.2. The number of hydrogen-bond donors (Lipinski definition) is 2. The van der Waals surface area contributed by atoms with Crippen LogP contribution < -0.4 is 5.32 Å². The lowest BCUT2D eigenvalue weighted by molar-refractivity contribution is -0.126. The first-order valence-electron chi connectivity index (χ1n) is 10.3. The minimum absolute atomic E-state index is 0.129. The summed E-state index contributed by atoms with van der Waals surface area (Å²) in [5.74, 6) is -0.122. The quantitative estimate of drug-likeness (QED) is 0.610. The number of nitrogens with one attached hydrogen (secondary N) is 2. The number of piperidine rings is 1. The van der Waals surface area contributed by atoms with Gasteiger partial charge >= 0.3 is 0 Å². The molecule has 31 heavy (non-hydrogen) atoms. The van der Waals surface area contributed by atoms with Crippen LogP contribution >= 0.6 is 0 Å². The fourth-order valence-electron chi connectivity index (χ4n) is 3.75. The molecule has 1 amide bonds. The zero-order chi connectivity index (χ0) is 22.0. The summed E-state index contributed by atoms with van der Waals surface area (Å²) >= 11 is 0. The van der Waals surface area contributed by atoms with Crippen LogP contribution in [-0.4, -0.2) is 41.9 Å². The molecule has 1 aromatic carbocycles. The van der Waals surface area contributed by atoms with Crippen LogP contribution in [0.15, 0.2) is 52.1 Å². The molecule has 3 aromatic rings. The van der Waals surface area contributed by atoms with Crippen molar-refractivity contribution >= 4 is 15.9 Å². The Bertz CT molecular complexity index is 1170. The maximum atomic E-state index is 13.1. The van der Waals surface area contributed by atoms with Gasteiger partial charge in [-0.25, -0.2) is 8.42 Å². The Kier molecular flexibility index (Phi) is 5.97. The second kappa shape index (κ2) is 8.68. The summed E-state index contributed by atoms with van der Waals surface area (Å²) in [6.45, 7) is 5.02.